The highest BCUT2D eigenvalue weighted by Gasteiger charge is 2.02. The summed E-state index contributed by atoms with van der Waals surface area (Å²) in [6.07, 6.45) is 1.13. The molecule has 102 valence electrons. The van der Waals surface area contributed by atoms with Crippen LogP contribution in [0.25, 0.3) is 10.9 Å². The van der Waals surface area contributed by atoms with Crippen molar-refractivity contribution in [2.24, 2.45) is 0 Å². The summed E-state index contributed by atoms with van der Waals surface area (Å²) in [7, 11) is 2.17. The molecule has 0 atom stereocenters. The quantitative estimate of drug-likeness (QED) is 0.804. The van der Waals surface area contributed by atoms with Crippen molar-refractivity contribution in [3.63, 3.8) is 0 Å². The van der Waals surface area contributed by atoms with E-state index in [9.17, 15) is 0 Å². The number of fused-ring (bicyclic) bond motifs is 1. The second-order valence-corrected chi connectivity index (χ2v) is 5.24. The van der Waals surface area contributed by atoms with Crippen molar-refractivity contribution in [1.82, 2.24) is 9.88 Å². The first kappa shape index (κ1) is 13.8. The van der Waals surface area contributed by atoms with Crippen molar-refractivity contribution in [3.05, 3.63) is 36.4 Å². The lowest BCUT2D eigenvalue weighted by molar-refractivity contribution is 0.273. The maximum Gasteiger partial charge on any atom is 0.126 e. The van der Waals surface area contributed by atoms with Gasteiger partial charge in [-0.05, 0) is 52.1 Å². The Bertz CT molecular complexity index is 522. The molecule has 0 fully saturated rings. The Morgan fingerprint density at radius 3 is 2.74 bits per heavy atom. The molecule has 0 aliphatic rings. The largest absolute Gasteiger partial charge is 0.370 e. The fourth-order valence-corrected chi connectivity index (χ4v) is 1.97. The van der Waals surface area contributed by atoms with Crippen molar-refractivity contribution < 1.29 is 0 Å². The van der Waals surface area contributed by atoms with E-state index in [4.69, 9.17) is 0 Å². The smallest absolute Gasteiger partial charge is 0.126 e. The Morgan fingerprint density at radius 2 is 1.95 bits per heavy atom. The van der Waals surface area contributed by atoms with Crippen LogP contribution < -0.4 is 5.32 Å². The number of para-hydroxylation sites is 1. The fraction of sp³-hybridized carbons (Fsp3) is 0.438. The van der Waals surface area contributed by atoms with E-state index in [2.05, 4.69) is 54.3 Å². The van der Waals surface area contributed by atoms with E-state index < -0.39 is 0 Å². The Morgan fingerprint density at radius 1 is 1.16 bits per heavy atom. The van der Waals surface area contributed by atoms with E-state index in [0.717, 1.165) is 30.8 Å². The van der Waals surface area contributed by atoms with Crippen LogP contribution in [-0.2, 0) is 0 Å². The number of anilines is 1. The molecular weight excluding hydrogens is 234 g/mol. The van der Waals surface area contributed by atoms with Gasteiger partial charge in [0.2, 0.25) is 0 Å². The molecule has 2 rings (SSSR count). The van der Waals surface area contributed by atoms with Gasteiger partial charge < -0.3 is 10.2 Å². The van der Waals surface area contributed by atoms with Gasteiger partial charge in [0, 0.05) is 18.0 Å². The van der Waals surface area contributed by atoms with E-state index >= 15 is 0 Å². The van der Waals surface area contributed by atoms with Gasteiger partial charge >= 0.3 is 0 Å². The van der Waals surface area contributed by atoms with E-state index in [1.165, 1.54) is 5.39 Å². The molecule has 0 spiro atoms. The number of nitrogens with one attached hydrogen (secondary N) is 1. The first-order valence-electron chi connectivity index (χ1n) is 6.97. The van der Waals surface area contributed by atoms with Crippen LogP contribution >= 0.6 is 0 Å². The van der Waals surface area contributed by atoms with Crippen molar-refractivity contribution >= 4 is 16.7 Å². The highest BCUT2D eigenvalue weighted by molar-refractivity contribution is 5.79. The predicted octanol–water partition coefficient (Wildman–Crippen LogP) is 3.38. The van der Waals surface area contributed by atoms with Gasteiger partial charge in [-0.1, -0.05) is 18.2 Å². The molecule has 0 bridgehead atoms. The molecule has 1 N–H and O–H groups in total. The van der Waals surface area contributed by atoms with E-state index in [1.807, 2.05) is 18.2 Å². The SMILES string of the molecule is CC(C)N(C)CCCNc1ccc2ccccc2n1. The minimum atomic E-state index is 0.610. The van der Waals surface area contributed by atoms with Gasteiger partial charge in [0.25, 0.3) is 0 Å². The van der Waals surface area contributed by atoms with Gasteiger partial charge in [0.1, 0.15) is 5.82 Å². The van der Waals surface area contributed by atoms with E-state index in [1.54, 1.807) is 0 Å². The zero-order valence-electron chi connectivity index (χ0n) is 12.1. The number of benzene rings is 1. The third-order valence-electron chi connectivity index (χ3n) is 3.47. The Hall–Kier alpha value is -1.61. The van der Waals surface area contributed by atoms with Crippen LogP contribution in [0.15, 0.2) is 36.4 Å². The maximum atomic E-state index is 4.60. The Labute approximate surface area is 115 Å². The molecule has 0 aliphatic carbocycles. The molecule has 1 aromatic heterocycles. The van der Waals surface area contributed by atoms with Crippen molar-refractivity contribution in [3.8, 4) is 0 Å². The van der Waals surface area contributed by atoms with Crippen molar-refractivity contribution in [2.45, 2.75) is 26.3 Å². The van der Waals surface area contributed by atoms with Gasteiger partial charge in [-0.15, -0.1) is 0 Å². The lowest BCUT2D eigenvalue weighted by Crippen LogP contribution is -2.28. The van der Waals surface area contributed by atoms with Gasteiger partial charge in [-0.2, -0.15) is 0 Å². The second-order valence-electron chi connectivity index (χ2n) is 5.24. The lowest BCUT2D eigenvalue weighted by atomic mass is 10.2. The highest BCUT2D eigenvalue weighted by Crippen LogP contribution is 2.14. The third kappa shape index (κ3) is 3.93. The molecule has 0 saturated heterocycles. The molecule has 2 aromatic rings. The number of aromatic nitrogens is 1. The molecule has 19 heavy (non-hydrogen) atoms. The zero-order chi connectivity index (χ0) is 13.7. The summed E-state index contributed by atoms with van der Waals surface area (Å²) < 4.78 is 0. The van der Waals surface area contributed by atoms with Crippen molar-refractivity contribution in [1.29, 1.82) is 0 Å². The van der Waals surface area contributed by atoms with E-state index in [-0.39, 0.29) is 0 Å². The molecule has 0 saturated carbocycles. The summed E-state index contributed by atoms with van der Waals surface area (Å²) in [6.45, 7) is 6.51. The Kier molecular flexibility index (Phi) is 4.74. The minimum absolute atomic E-state index is 0.610. The summed E-state index contributed by atoms with van der Waals surface area (Å²) in [5, 5.41) is 4.58. The highest BCUT2D eigenvalue weighted by atomic mass is 15.1. The van der Waals surface area contributed by atoms with Crippen LogP contribution in [0.2, 0.25) is 0 Å². The summed E-state index contributed by atoms with van der Waals surface area (Å²) in [5.74, 6) is 0.964. The topological polar surface area (TPSA) is 28.2 Å². The normalized spacial score (nSPS) is 11.4. The van der Waals surface area contributed by atoms with E-state index in [0.29, 0.717) is 6.04 Å². The van der Waals surface area contributed by atoms with Crippen molar-refractivity contribution in [2.75, 3.05) is 25.5 Å². The molecule has 1 heterocycles. The maximum absolute atomic E-state index is 4.60. The van der Waals surface area contributed by atoms with Crippen LogP contribution in [0, 0.1) is 0 Å². The zero-order valence-corrected chi connectivity index (χ0v) is 12.1. The number of hydrogen-bond donors (Lipinski definition) is 1. The molecule has 3 heteroatoms. The number of rotatable bonds is 6. The lowest BCUT2D eigenvalue weighted by Gasteiger charge is -2.20. The predicted molar refractivity (Wildman–Crippen MR) is 82.6 cm³/mol. The standard InChI is InChI=1S/C16H23N3/c1-13(2)19(3)12-6-11-17-16-10-9-14-7-4-5-8-15(14)18-16/h4-5,7-10,13H,6,11-12H2,1-3H3,(H,17,18). The first-order valence-corrected chi connectivity index (χ1v) is 6.97. The third-order valence-corrected chi connectivity index (χ3v) is 3.47. The summed E-state index contributed by atoms with van der Waals surface area (Å²) >= 11 is 0. The average molecular weight is 257 g/mol. The molecular formula is C16H23N3. The number of hydrogen-bond acceptors (Lipinski definition) is 3. The fourth-order valence-electron chi connectivity index (χ4n) is 1.97. The summed E-state index contributed by atoms with van der Waals surface area (Å²) in [4.78, 5) is 6.96. The average Bonchev–Trinajstić information content (AvgIpc) is 2.43. The summed E-state index contributed by atoms with van der Waals surface area (Å²) in [6, 6.07) is 13.0. The monoisotopic (exact) mass is 257 g/mol. The van der Waals surface area contributed by atoms with Gasteiger partial charge in [-0.25, -0.2) is 4.98 Å². The number of nitrogens with zero attached hydrogens (tertiary/aromatic N) is 2. The van der Waals surface area contributed by atoms with Gasteiger partial charge in [0.15, 0.2) is 0 Å². The van der Waals surface area contributed by atoms with Crippen LogP contribution in [0.1, 0.15) is 20.3 Å². The van der Waals surface area contributed by atoms with Crippen LogP contribution in [0.5, 0.6) is 0 Å². The number of pyridine rings is 1. The molecule has 0 amide bonds. The first-order chi connectivity index (χ1) is 9.16. The molecule has 0 aliphatic heterocycles. The molecule has 1 aromatic carbocycles. The van der Waals surface area contributed by atoms with Gasteiger partial charge in [0.05, 0.1) is 5.52 Å². The van der Waals surface area contributed by atoms with Crippen LogP contribution in [-0.4, -0.2) is 36.1 Å². The Balaban J connectivity index is 1.85. The summed E-state index contributed by atoms with van der Waals surface area (Å²) in [5.41, 5.74) is 1.05. The van der Waals surface area contributed by atoms with Crippen LogP contribution in [0.3, 0.4) is 0 Å². The molecule has 0 radical (unpaired) electrons. The molecule has 0 unspecified atom stereocenters. The molecule has 3 nitrogen and oxygen atoms in total. The van der Waals surface area contributed by atoms with Crippen LogP contribution in [0.4, 0.5) is 5.82 Å². The second kappa shape index (κ2) is 6.53. The van der Waals surface area contributed by atoms with Gasteiger partial charge in [-0.3, -0.25) is 0 Å². The minimum Gasteiger partial charge on any atom is -0.370 e.